The minimum Gasteiger partial charge on any atom is -0.324 e. The molecule has 3 heteroatoms. The number of rotatable bonds is 3. The van der Waals surface area contributed by atoms with E-state index >= 15 is 0 Å². The van der Waals surface area contributed by atoms with E-state index < -0.39 is 5.41 Å². The van der Waals surface area contributed by atoms with Crippen molar-refractivity contribution >= 4 is 22.9 Å². The predicted molar refractivity (Wildman–Crippen MR) is 94.1 cm³/mol. The third-order valence-corrected chi connectivity index (χ3v) is 5.20. The summed E-state index contributed by atoms with van der Waals surface area (Å²) in [5.74, 6) is 0.00463. The molecule has 1 atom stereocenters. The van der Waals surface area contributed by atoms with Crippen LogP contribution in [0.2, 0.25) is 0 Å². The fourth-order valence-corrected chi connectivity index (χ4v) is 3.97. The van der Waals surface area contributed by atoms with Crippen LogP contribution in [0.25, 0.3) is 5.70 Å². The minimum absolute atomic E-state index is 0.00463. The molecule has 3 aromatic rings. The van der Waals surface area contributed by atoms with E-state index in [0.717, 1.165) is 21.7 Å². The number of hydrogen-bond donors (Lipinski definition) is 1. The summed E-state index contributed by atoms with van der Waals surface area (Å²) in [4.78, 5) is 14.1. The molecule has 0 radical (unpaired) electrons. The molecule has 23 heavy (non-hydrogen) atoms. The van der Waals surface area contributed by atoms with E-state index in [4.69, 9.17) is 0 Å². The van der Waals surface area contributed by atoms with Crippen LogP contribution in [0.5, 0.6) is 0 Å². The van der Waals surface area contributed by atoms with Crippen molar-refractivity contribution in [3.8, 4) is 0 Å². The molecular formula is C20H15NOS. The minimum atomic E-state index is -0.749. The molecule has 1 amide bonds. The number of carbonyl (C=O) groups excluding carboxylic acids is 1. The highest BCUT2D eigenvalue weighted by Crippen LogP contribution is 2.42. The summed E-state index contributed by atoms with van der Waals surface area (Å²) in [6, 6.07) is 24.0. The van der Waals surface area contributed by atoms with Crippen molar-refractivity contribution in [1.82, 2.24) is 5.32 Å². The molecule has 2 heterocycles. The highest BCUT2D eigenvalue weighted by Gasteiger charge is 2.45. The van der Waals surface area contributed by atoms with Gasteiger partial charge in [-0.1, -0.05) is 66.7 Å². The Balaban J connectivity index is 1.93. The molecular weight excluding hydrogens is 302 g/mol. The van der Waals surface area contributed by atoms with E-state index in [1.54, 1.807) is 11.3 Å². The average molecular weight is 317 g/mol. The Morgan fingerprint density at radius 3 is 2.17 bits per heavy atom. The van der Waals surface area contributed by atoms with Gasteiger partial charge in [0.1, 0.15) is 5.41 Å². The molecule has 0 saturated heterocycles. The van der Waals surface area contributed by atoms with E-state index in [2.05, 4.69) is 11.4 Å². The number of hydrogen-bond acceptors (Lipinski definition) is 2. The fraction of sp³-hybridized carbons (Fsp3) is 0.0500. The summed E-state index contributed by atoms with van der Waals surface area (Å²) < 4.78 is 0. The van der Waals surface area contributed by atoms with Gasteiger partial charge in [-0.3, -0.25) is 4.79 Å². The molecule has 0 saturated carbocycles. The highest BCUT2D eigenvalue weighted by molar-refractivity contribution is 7.10. The largest absolute Gasteiger partial charge is 0.324 e. The van der Waals surface area contributed by atoms with Crippen molar-refractivity contribution in [2.24, 2.45) is 0 Å². The van der Waals surface area contributed by atoms with Gasteiger partial charge in [0.25, 0.3) is 0 Å². The van der Waals surface area contributed by atoms with Crippen LogP contribution >= 0.6 is 11.3 Å². The zero-order valence-corrected chi connectivity index (χ0v) is 13.2. The van der Waals surface area contributed by atoms with Crippen LogP contribution in [0.1, 0.15) is 16.0 Å². The molecule has 2 aromatic carbocycles. The smallest absolute Gasteiger partial charge is 0.244 e. The van der Waals surface area contributed by atoms with Crippen molar-refractivity contribution in [1.29, 1.82) is 0 Å². The third kappa shape index (κ3) is 2.21. The van der Waals surface area contributed by atoms with Gasteiger partial charge in [0.05, 0.1) is 0 Å². The average Bonchev–Trinajstić information content (AvgIpc) is 3.25. The van der Waals surface area contributed by atoms with Gasteiger partial charge in [0.15, 0.2) is 0 Å². The third-order valence-electron chi connectivity index (χ3n) is 4.19. The van der Waals surface area contributed by atoms with Crippen LogP contribution in [0.4, 0.5) is 0 Å². The van der Waals surface area contributed by atoms with Gasteiger partial charge in [-0.25, -0.2) is 0 Å². The molecule has 1 aliphatic heterocycles. The number of thiophene rings is 1. The Labute approximate surface area is 139 Å². The monoisotopic (exact) mass is 317 g/mol. The molecule has 1 unspecified atom stereocenters. The first kappa shape index (κ1) is 14.0. The molecule has 1 aromatic heterocycles. The normalized spacial score (nSPS) is 20.2. The molecule has 0 spiro atoms. The highest BCUT2D eigenvalue weighted by atomic mass is 32.1. The van der Waals surface area contributed by atoms with Crippen molar-refractivity contribution < 1.29 is 4.79 Å². The summed E-state index contributed by atoms with van der Waals surface area (Å²) >= 11 is 1.61. The van der Waals surface area contributed by atoms with Gasteiger partial charge in [-0.05, 0) is 28.6 Å². The molecule has 1 N–H and O–H groups in total. The molecule has 0 fully saturated rings. The predicted octanol–water partition coefficient (Wildman–Crippen LogP) is 4.21. The zero-order valence-electron chi connectivity index (χ0n) is 12.4. The van der Waals surface area contributed by atoms with E-state index in [-0.39, 0.29) is 5.91 Å². The van der Waals surface area contributed by atoms with Crippen LogP contribution in [-0.2, 0) is 10.2 Å². The van der Waals surface area contributed by atoms with Gasteiger partial charge >= 0.3 is 0 Å². The number of carbonyl (C=O) groups is 1. The lowest BCUT2D eigenvalue weighted by Gasteiger charge is -2.24. The molecule has 2 nitrogen and oxygen atoms in total. The Bertz CT molecular complexity index is 853. The lowest BCUT2D eigenvalue weighted by atomic mass is 9.79. The standard InChI is InChI=1S/C20H15NOS/c22-19-20(18-12-7-13-23-18,16-10-5-2-6-11-16)14-17(21-19)15-8-3-1-4-9-15/h1-14H,(H,21,22). The second-order valence-electron chi connectivity index (χ2n) is 5.53. The number of amides is 1. The topological polar surface area (TPSA) is 29.1 Å². The summed E-state index contributed by atoms with van der Waals surface area (Å²) in [7, 11) is 0. The van der Waals surface area contributed by atoms with Crippen molar-refractivity contribution in [2.75, 3.05) is 0 Å². The molecule has 112 valence electrons. The summed E-state index contributed by atoms with van der Waals surface area (Å²) in [6.45, 7) is 0. The van der Waals surface area contributed by atoms with E-state index in [0.29, 0.717) is 0 Å². The van der Waals surface area contributed by atoms with Crippen LogP contribution in [0, 0.1) is 0 Å². The van der Waals surface area contributed by atoms with Crippen molar-refractivity contribution in [3.05, 3.63) is 100 Å². The summed E-state index contributed by atoms with van der Waals surface area (Å²) in [6.07, 6.45) is 2.06. The number of benzene rings is 2. The first-order valence-electron chi connectivity index (χ1n) is 7.50. The van der Waals surface area contributed by atoms with E-state index in [1.165, 1.54) is 0 Å². The van der Waals surface area contributed by atoms with Crippen LogP contribution in [0.3, 0.4) is 0 Å². The lowest BCUT2D eigenvalue weighted by molar-refractivity contribution is -0.121. The van der Waals surface area contributed by atoms with E-state index in [1.807, 2.05) is 78.2 Å². The molecule has 4 rings (SSSR count). The van der Waals surface area contributed by atoms with Crippen LogP contribution in [0.15, 0.2) is 84.3 Å². The van der Waals surface area contributed by atoms with Gasteiger partial charge in [0.2, 0.25) is 5.91 Å². The first-order chi connectivity index (χ1) is 11.3. The summed E-state index contributed by atoms with van der Waals surface area (Å²) in [5.41, 5.74) is 2.13. The Kier molecular flexibility index (Phi) is 3.36. The van der Waals surface area contributed by atoms with Gasteiger partial charge in [-0.2, -0.15) is 0 Å². The maximum absolute atomic E-state index is 13.0. The van der Waals surface area contributed by atoms with Gasteiger partial charge in [-0.15, -0.1) is 11.3 Å². The molecule has 1 aliphatic rings. The van der Waals surface area contributed by atoms with Crippen LogP contribution in [-0.4, -0.2) is 5.91 Å². The van der Waals surface area contributed by atoms with E-state index in [9.17, 15) is 4.79 Å². The molecule has 0 aliphatic carbocycles. The first-order valence-corrected chi connectivity index (χ1v) is 8.38. The Hall–Kier alpha value is -2.65. The maximum Gasteiger partial charge on any atom is 0.244 e. The van der Waals surface area contributed by atoms with Crippen molar-refractivity contribution in [2.45, 2.75) is 5.41 Å². The Morgan fingerprint density at radius 2 is 1.52 bits per heavy atom. The van der Waals surface area contributed by atoms with Crippen molar-refractivity contribution in [3.63, 3.8) is 0 Å². The second kappa shape index (κ2) is 5.52. The quantitative estimate of drug-likeness (QED) is 0.770. The van der Waals surface area contributed by atoms with Gasteiger partial charge in [0, 0.05) is 10.6 Å². The fourth-order valence-electron chi connectivity index (χ4n) is 3.06. The zero-order chi connectivity index (χ0) is 15.7. The van der Waals surface area contributed by atoms with Crippen LogP contribution < -0.4 is 5.32 Å². The SMILES string of the molecule is O=C1NC(c2ccccc2)=CC1(c1ccccc1)c1cccs1. The molecule has 0 bridgehead atoms. The number of nitrogens with one attached hydrogen (secondary N) is 1. The van der Waals surface area contributed by atoms with Gasteiger partial charge < -0.3 is 5.32 Å². The summed E-state index contributed by atoms with van der Waals surface area (Å²) in [5, 5.41) is 5.09. The maximum atomic E-state index is 13.0. The Morgan fingerprint density at radius 1 is 0.826 bits per heavy atom. The second-order valence-corrected chi connectivity index (χ2v) is 6.48. The lowest BCUT2D eigenvalue weighted by Crippen LogP contribution is -2.36.